The lowest BCUT2D eigenvalue weighted by Gasteiger charge is -2.32. The van der Waals surface area contributed by atoms with Crippen LogP contribution in [0.1, 0.15) is 5.56 Å². The number of likely N-dealkylation sites (N-methyl/N-ethyl adjacent to an activating group) is 1. The van der Waals surface area contributed by atoms with Gasteiger partial charge in [0.05, 0.1) is 18.1 Å². The Kier molecular flexibility index (Phi) is 5.08. The van der Waals surface area contributed by atoms with E-state index in [4.69, 9.17) is 9.47 Å². The van der Waals surface area contributed by atoms with Gasteiger partial charge in [0.15, 0.2) is 0 Å². The number of rotatable bonds is 5. The summed E-state index contributed by atoms with van der Waals surface area (Å²) in [6, 6.07) is 14.4. The van der Waals surface area contributed by atoms with Crippen molar-refractivity contribution in [1.82, 2.24) is 4.90 Å². The van der Waals surface area contributed by atoms with E-state index in [-0.39, 0.29) is 5.69 Å². The third-order valence-corrected chi connectivity index (χ3v) is 4.20. The van der Waals surface area contributed by atoms with Gasteiger partial charge < -0.3 is 9.47 Å². The molecule has 6 nitrogen and oxygen atoms in total. The van der Waals surface area contributed by atoms with Gasteiger partial charge in [-0.3, -0.25) is 15.0 Å². The first-order valence-electron chi connectivity index (χ1n) is 7.91. The van der Waals surface area contributed by atoms with Crippen LogP contribution in [0.3, 0.4) is 0 Å². The molecule has 0 bridgehead atoms. The zero-order valence-electron chi connectivity index (χ0n) is 13.6. The smallest absolute Gasteiger partial charge is 0.269 e. The quantitative estimate of drug-likeness (QED) is 0.622. The van der Waals surface area contributed by atoms with Crippen LogP contribution in [0.2, 0.25) is 0 Å². The second-order valence-electron chi connectivity index (χ2n) is 5.91. The Balaban J connectivity index is 1.60. The highest BCUT2D eigenvalue weighted by Gasteiger charge is 2.19. The third kappa shape index (κ3) is 4.10. The van der Waals surface area contributed by atoms with Gasteiger partial charge in [-0.05, 0) is 43.3 Å². The van der Waals surface area contributed by atoms with E-state index >= 15 is 0 Å². The Morgan fingerprint density at radius 3 is 2.38 bits per heavy atom. The summed E-state index contributed by atoms with van der Waals surface area (Å²) in [7, 11) is 2.12. The van der Waals surface area contributed by atoms with Crippen LogP contribution in [0.4, 0.5) is 5.69 Å². The van der Waals surface area contributed by atoms with Gasteiger partial charge in [-0.25, -0.2) is 0 Å². The molecule has 6 heteroatoms. The first-order valence-corrected chi connectivity index (χ1v) is 7.91. The maximum Gasteiger partial charge on any atom is 0.269 e. The van der Waals surface area contributed by atoms with Crippen LogP contribution in [0.25, 0.3) is 0 Å². The number of hydrogen-bond donors (Lipinski definition) is 0. The first-order chi connectivity index (χ1) is 11.6. The van der Waals surface area contributed by atoms with Crippen LogP contribution in [0.15, 0.2) is 48.5 Å². The van der Waals surface area contributed by atoms with E-state index in [9.17, 15) is 10.1 Å². The number of benzene rings is 2. The number of hydrogen-bond acceptors (Lipinski definition) is 5. The van der Waals surface area contributed by atoms with E-state index in [1.165, 1.54) is 17.7 Å². The van der Waals surface area contributed by atoms with E-state index in [0.29, 0.717) is 17.5 Å². The second kappa shape index (κ2) is 7.42. The van der Waals surface area contributed by atoms with Crippen molar-refractivity contribution in [1.29, 1.82) is 0 Å². The van der Waals surface area contributed by atoms with Crippen molar-refractivity contribution in [3.05, 3.63) is 64.2 Å². The lowest BCUT2D eigenvalue weighted by Crippen LogP contribution is -2.43. The zero-order valence-corrected chi connectivity index (χ0v) is 13.6. The van der Waals surface area contributed by atoms with E-state index in [1.807, 2.05) is 24.3 Å². The van der Waals surface area contributed by atoms with Gasteiger partial charge in [0.1, 0.15) is 11.5 Å². The van der Waals surface area contributed by atoms with Gasteiger partial charge >= 0.3 is 0 Å². The zero-order chi connectivity index (χ0) is 16.9. The predicted molar refractivity (Wildman–Crippen MR) is 90.6 cm³/mol. The first kappa shape index (κ1) is 16.4. The monoisotopic (exact) mass is 328 g/mol. The van der Waals surface area contributed by atoms with E-state index < -0.39 is 4.92 Å². The van der Waals surface area contributed by atoms with Crippen LogP contribution < -0.4 is 4.74 Å². The minimum absolute atomic E-state index is 0.0523. The fourth-order valence-corrected chi connectivity index (χ4v) is 2.69. The molecule has 0 aromatic heterocycles. The molecule has 1 unspecified atom stereocenters. The maximum atomic E-state index is 10.6. The highest BCUT2D eigenvalue weighted by molar-refractivity contribution is 5.39. The molecule has 1 atom stereocenters. The fraction of sp³-hybridized carbons (Fsp3) is 0.333. The van der Waals surface area contributed by atoms with E-state index in [1.54, 1.807) is 12.1 Å². The van der Waals surface area contributed by atoms with Crippen LogP contribution >= 0.6 is 0 Å². The second-order valence-corrected chi connectivity index (χ2v) is 5.91. The molecule has 126 valence electrons. The fourth-order valence-electron chi connectivity index (χ4n) is 2.69. The summed E-state index contributed by atoms with van der Waals surface area (Å²) in [4.78, 5) is 12.5. The molecule has 1 fully saturated rings. The normalized spacial score (nSPS) is 18.3. The lowest BCUT2D eigenvalue weighted by molar-refractivity contribution is -0.384. The molecule has 1 heterocycles. The average Bonchev–Trinajstić information content (AvgIpc) is 2.59. The van der Waals surface area contributed by atoms with Gasteiger partial charge in [-0.15, -0.1) is 0 Å². The molecular weight excluding hydrogens is 308 g/mol. The standard InChI is InChI=1S/C18H20N2O4/c1-19-10-11-23-13-16(19)12-14-2-6-17(7-3-14)24-18-8-4-15(5-9-18)20(21)22/h2-9,16H,10-13H2,1H3. The largest absolute Gasteiger partial charge is 0.457 e. The number of non-ortho nitro benzene ring substituents is 1. The summed E-state index contributed by atoms with van der Waals surface area (Å²) in [6.45, 7) is 2.53. The summed E-state index contributed by atoms with van der Waals surface area (Å²) in [5, 5.41) is 10.6. The Bertz CT molecular complexity index is 685. The predicted octanol–water partition coefficient (Wildman–Crippen LogP) is 3.26. The topological polar surface area (TPSA) is 64.8 Å². The summed E-state index contributed by atoms with van der Waals surface area (Å²) in [5.41, 5.74) is 1.28. The molecule has 0 spiro atoms. The highest BCUT2D eigenvalue weighted by atomic mass is 16.6. The van der Waals surface area contributed by atoms with Crippen LogP contribution in [-0.4, -0.2) is 42.7 Å². The Morgan fingerprint density at radius 2 is 1.79 bits per heavy atom. The molecule has 0 aliphatic carbocycles. The van der Waals surface area contributed by atoms with Gasteiger partial charge in [0.2, 0.25) is 0 Å². The van der Waals surface area contributed by atoms with Crippen LogP contribution in [-0.2, 0) is 11.2 Å². The number of ether oxygens (including phenoxy) is 2. The van der Waals surface area contributed by atoms with Gasteiger partial charge in [0, 0.05) is 24.7 Å². The molecule has 1 aliphatic rings. The molecule has 1 aliphatic heterocycles. The lowest BCUT2D eigenvalue weighted by atomic mass is 10.0. The number of morpholine rings is 1. The summed E-state index contributed by atoms with van der Waals surface area (Å²) in [5.74, 6) is 1.29. The van der Waals surface area contributed by atoms with Gasteiger partial charge in [0.25, 0.3) is 5.69 Å². The number of nitrogens with zero attached hydrogens (tertiary/aromatic N) is 2. The summed E-state index contributed by atoms with van der Waals surface area (Å²) in [6.07, 6.45) is 0.939. The molecule has 1 saturated heterocycles. The summed E-state index contributed by atoms with van der Waals surface area (Å²) < 4.78 is 11.3. The van der Waals surface area contributed by atoms with E-state index in [2.05, 4.69) is 11.9 Å². The minimum Gasteiger partial charge on any atom is -0.457 e. The van der Waals surface area contributed by atoms with Crippen molar-refractivity contribution in [3.63, 3.8) is 0 Å². The molecule has 2 aromatic rings. The average molecular weight is 328 g/mol. The van der Waals surface area contributed by atoms with Crippen molar-refractivity contribution < 1.29 is 14.4 Å². The van der Waals surface area contributed by atoms with Crippen molar-refractivity contribution in [2.75, 3.05) is 26.8 Å². The molecule has 0 amide bonds. The van der Waals surface area contributed by atoms with Gasteiger partial charge in [-0.2, -0.15) is 0 Å². The summed E-state index contributed by atoms with van der Waals surface area (Å²) >= 11 is 0. The molecule has 0 N–H and O–H groups in total. The van der Waals surface area contributed by atoms with Crippen molar-refractivity contribution in [2.45, 2.75) is 12.5 Å². The highest BCUT2D eigenvalue weighted by Crippen LogP contribution is 2.24. The molecule has 24 heavy (non-hydrogen) atoms. The van der Waals surface area contributed by atoms with Crippen molar-refractivity contribution in [3.8, 4) is 11.5 Å². The maximum absolute atomic E-state index is 10.6. The Morgan fingerprint density at radius 1 is 1.17 bits per heavy atom. The molecular formula is C18H20N2O4. The number of nitro benzene ring substituents is 1. The minimum atomic E-state index is -0.426. The van der Waals surface area contributed by atoms with Crippen LogP contribution in [0.5, 0.6) is 11.5 Å². The molecule has 3 rings (SSSR count). The van der Waals surface area contributed by atoms with E-state index in [0.717, 1.165) is 26.2 Å². The Labute approximate surface area is 140 Å². The number of nitro groups is 1. The van der Waals surface area contributed by atoms with Crippen molar-refractivity contribution >= 4 is 5.69 Å². The molecule has 2 aromatic carbocycles. The van der Waals surface area contributed by atoms with Crippen molar-refractivity contribution in [2.24, 2.45) is 0 Å². The van der Waals surface area contributed by atoms with Gasteiger partial charge in [-0.1, -0.05) is 12.1 Å². The Hall–Kier alpha value is -2.44. The van der Waals surface area contributed by atoms with Crippen LogP contribution in [0, 0.1) is 10.1 Å². The molecule has 0 radical (unpaired) electrons. The third-order valence-electron chi connectivity index (χ3n) is 4.20. The molecule has 0 saturated carbocycles. The SMILES string of the molecule is CN1CCOCC1Cc1ccc(Oc2ccc([N+](=O)[O-])cc2)cc1.